The van der Waals surface area contributed by atoms with Crippen molar-refractivity contribution in [3.8, 4) is 67.0 Å². The molecule has 106 heavy (non-hydrogen) atoms. The summed E-state index contributed by atoms with van der Waals surface area (Å²) in [6.07, 6.45) is 29.5. The fourth-order valence-corrected chi connectivity index (χ4v) is 18.8. The second-order valence-corrected chi connectivity index (χ2v) is 29.2. The third kappa shape index (κ3) is 8.95. The lowest BCUT2D eigenvalue weighted by Gasteiger charge is -2.34. The summed E-state index contributed by atoms with van der Waals surface area (Å²) < 4.78 is 17.3. The Morgan fingerprint density at radius 2 is 0.679 bits per heavy atom. The van der Waals surface area contributed by atoms with E-state index in [1.807, 2.05) is 24.3 Å². The van der Waals surface area contributed by atoms with Gasteiger partial charge in [-0.2, -0.15) is 0 Å². The molecule has 0 amide bonds. The first-order valence-electron chi connectivity index (χ1n) is 37.0. The lowest BCUT2D eigenvalue weighted by atomic mass is 9.69. The highest BCUT2D eigenvalue weighted by Crippen LogP contribution is 2.52. The van der Waals surface area contributed by atoms with Gasteiger partial charge in [-0.05, 0) is 220 Å². The van der Waals surface area contributed by atoms with Gasteiger partial charge in [0.25, 0.3) is 0 Å². The van der Waals surface area contributed by atoms with Gasteiger partial charge in [-0.15, -0.1) is 0 Å². The first kappa shape index (κ1) is 59.0. The van der Waals surface area contributed by atoms with Gasteiger partial charge in [-0.25, -0.2) is 0 Å². The van der Waals surface area contributed by atoms with Gasteiger partial charge in [0, 0.05) is 72.4 Å². The lowest BCUT2D eigenvalue weighted by molar-refractivity contribution is 0.668. The summed E-state index contributed by atoms with van der Waals surface area (Å²) in [6.45, 7) is 0. The van der Waals surface area contributed by atoms with E-state index in [4.69, 9.17) is 8.83 Å². The lowest BCUT2D eigenvalue weighted by Crippen LogP contribution is -2.18. The molecule has 6 aliphatic carbocycles. The van der Waals surface area contributed by atoms with Crippen LogP contribution in [0.2, 0.25) is 0 Å². The van der Waals surface area contributed by atoms with Crippen LogP contribution in [0.5, 0.6) is 0 Å². The average molecular weight is 1350 g/mol. The molecule has 4 aromatic heterocycles. The van der Waals surface area contributed by atoms with Crippen LogP contribution in [0.3, 0.4) is 0 Å². The minimum atomic E-state index is 0.338. The number of hydrogen-bond acceptors (Lipinski definition) is 2. The molecule has 4 heterocycles. The summed E-state index contributed by atoms with van der Waals surface area (Å²) in [5, 5.41) is 12.2. The molecule has 0 bridgehead atoms. The van der Waals surface area contributed by atoms with Crippen molar-refractivity contribution < 1.29 is 8.83 Å². The third-order valence-corrected chi connectivity index (χ3v) is 23.7. The molecular weight excluding hydrogens is 1290 g/mol. The van der Waals surface area contributed by atoms with Gasteiger partial charge < -0.3 is 18.0 Å². The second kappa shape index (κ2) is 23.0. The van der Waals surface area contributed by atoms with Crippen molar-refractivity contribution in [1.82, 2.24) is 9.13 Å². The minimum absolute atomic E-state index is 0.338. The fraction of sp³-hybridized carbons (Fsp3) is 0.0392. The molecule has 0 N–H and O–H groups in total. The summed E-state index contributed by atoms with van der Waals surface area (Å²) in [7, 11) is 0. The first-order chi connectivity index (χ1) is 52.5. The van der Waals surface area contributed by atoms with Gasteiger partial charge >= 0.3 is 0 Å². The zero-order valence-corrected chi connectivity index (χ0v) is 57.8. The predicted octanol–water partition coefficient (Wildman–Crippen LogP) is 27.0. The quantitative estimate of drug-likeness (QED) is 0.159. The van der Waals surface area contributed by atoms with Crippen molar-refractivity contribution in [3.05, 3.63) is 395 Å². The molecule has 0 saturated carbocycles. The van der Waals surface area contributed by atoms with Gasteiger partial charge in [0.05, 0.1) is 22.1 Å². The van der Waals surface area contributed by atoms with E-state index < -0.39 is 0 Å². The van der Waals surface area contributed by atoms with Crippen molar-refractivity contribution in [3.63, 3.8) is 0 Å². The predicted molar refractivity (Wildman–Crippen MR) is 442 cm³/mol. The number of benzene rings is 14. The molecule has 4 heteroatoms. The maximum atomic E-state index is 6.28. The topological polar surface area (TPSA) is 36.1 Å². The molecule has 14 aromatic carbocycles. The van der Waals surface area contributed by atoms with E-state index in [1.165, 1.54) is 155 Å². The molecule has 18 aromatic rings. The highest BCUT2D eigenvalue weighted by atomic mass is 16.3. The number of furan rings is 2. The Morgan fingerprint density at radius 3 is 1.31 bits per heavy atom. The fourth-order valence-electron chi connectivity index (χ4n) is 18.8. The number of fused-ring (bicyclic) bond motifs is 13. The van der Waals surface area contributed by atoms with Crippen LogP contribution in [0.25, 0.3) is 177 Å². The Kier molecular flexibility index (Phi) is 12.8. The Morgan fingerprint density at radius 1 is 0.255 bits per heavy atom. The number of rotatable bonds is 7. The molecular formula is C102H64N2O2. The molecule has 6 aliphatic rings. The van der Waals surface area contributed by atoms with Crippen molar-refractivity contribution in [2.75, 3.05) is 0 Å². The smallest absolute Gasteiger partial charge is 0.137 e. The summed E-state index contributed by atoms with van der Waals surface area (Å²) >= 11 is 0. The van der Waals surface area contributed by atoms with Crippen LogP contribution in [-0.4, -0.2) is 9.13 Å². The van der Waals surface area contributed by atoms with E-state index in [0.29, 0.717) is 11.8 Å². The Hall–Kier alpha value is -13.5. The van der Waals surface area contributed by atoms with Crippen molar-refractivity contribution in [2.45, 2.75) is 24.7 Å². The highest BCUT2D eigenvalue weighted by Gasteiger charge is 2.34. The molecule has 0 fully saturated rings. The molecule has 24 rings (SSSR count). The number of nitrogens with zero attached hydrogens (tertiary/aromatic N) is 2. The van der Waals surface area contributed by atoms with E-state index in [0.717, 1.165) is 79.2 Å². The monoisotopic (exact) mass is 1350 g/mol. The average Bonchev–Trinajstić information content (AvgIpc) is 0.885. The van der Waals surface area contributed by atoms with Crippen LogP contribution in [-0.2, 0) is 12.8 Å². The molecule has 0 spiro atoms. The second-order valence-electron chi connectivity index (χ2n) is 29.2. The van der Waals surface area contributed by atoms with E-state index in [1.54, 1.807) is 0 Å². The molecule has 0 radical (unpaired) electrons. The first-order valence-corrected chi connectivity index (χ1v) is 37.0. The van der Waals surface area contributed by atoms with E-state index in [9.17, 15) is 0 Å². The molecule has 0 aliphatic heterocycles. The number of aromatic nitrogens is 2. The number of allylic oxidation sites excluding steroid dienone is 14. The van der Waals surface area contributed by atoms with Crippen LogP contribution in [0, 0.1) is 0 Å². The van der Waals surface area contributed by atoms with Crippen LogP contribution >= 0.6 is 0 Å². The van der Waals surface area contributed by atoms with Crippen molar-refractivity contribution in [1.29, 1.82) is 0 Å². The minimum Gasteiger partial charge on any atom is -0.456 e. The zero-order valence-electron chi connectivity index (χ0n) is 57.8. The standard InChI is InChI=1S/C56H35NO.C46H29NO/c1-2-11-43-42(10-1)41(29-30-44(43)45-26-20-37-17-16-35-8-7-9-36-21-28-49(45)56(37)55(35)36)39-23-31-52-50(32-39)46-12-3-5-14-51(46)57(52)40-24-18-34(19-25-40)38-22-27-48-47-13-4-6-15-53(47)58-54(48)33-38;1-3-10-41-36(8-1)40-26-33(20-25-42(40)47(41)34-21-24-38-37-9-2-4-11-43(37)48-44(38)27-34)28-12-14-29(15-13-28)35-22-18-32-17-16-30-6-5-7-31-19-23-39(35)46(32)45(30)31/h1-27,29-33,55H,28H2;1-22,24-27,45H,23H2. The SMILES string of the molecule is C1=CC2=CCc3c(-c4ccc(-c5ccc6c(c5)c5ccccc5n6-c5ccc(-c6ccc7c(c6)oc6ccccc67)cc5)c5ccccc45)ccc4c3C2C(=C1)C=C4.C1=CC2=CCc3c(-c4ccc(-c5ccc6c(c5)c5ccccc5n6-c5ccc6c(c5)oc5ccccc56)cc4)ccc4c3C2C(=C1)C=C4. The van der Waals surface area contributed by atoms with Crippen LogP contribution in [0.4, 0.5) is 0 Å². The summed E-state index contributed by atoms with van der Waals surface area (Å²) in [5.74, 6) is 0.706. The summed E-state index contributed by atoms with van der Waals surface area (Å²) in [4.78, 5) is 0. The Balaban J connectivity index is 0.000000131. The molecule has 0 saturated heterocycles. The maximum Gasteiger partial charge on any atom is 0.137 e. The molecule has 2 atom stereocenters. The normalized spacial score (nSPS) is 15.7. The number of hydrogen-bond donors (Lipinski definition) is 0. The Labute approximate surface area is 611 Å². The Bertz CT molecular complexity index is 7170. The zero-order chi connectivity index (χ0) is 69.2. The van der Waals surface area contributed by atoms with E-state index >= 15 is 0 Å². The van der Waals surface area contributed by atoms with Gasteiger partial charge in [0.2, 0.25) is 0 Å². The van der Waals surface area contributed by atoms with Crippen LogP contribution in [0.1, 0.15) is 45.2 Å². The highest BCUT2D eigenvalue weighted by molar-refractivity contribution is 6.14. The molecule has 4 nitrogen and oxygen atoms in total. The largest absolute Gasteiger partial charge is 0.456 e. The van der Waals surface area contributed by atoms with Crippen molar-refractivity contribution in [2.24, 2.45) is 0 Å². The summed E-state index contributed by atoms with van der Waals surface area (Å²) in [5.41, 5.74) is 37.5. The van der Waals surface area contributed by atoms with Crippen LogP contribution in [0.15, 0.2) is 371 Å². The third-order valence-electron chi connectivity index (χ3n) is 23.7. The maximum absolute atomic E-state index is 6.28. The van der Waals surface area contributed by atoms with Crippen LogP contribution < -0.4 is 0 Å². The van der Waals surface area contributed by atoms with E-state index in [2.05, 4.69) is 337 Å². The van der Waals surface area contributed by atoms with Gasteiger partial charge in [-0.1, -0.05) is 261 Å². The van der Waals surface area contributed by atoms with Gasteiger partial charge in [0.15, 0.2) is 0 Å². The molecule has 2 unspecified atom stereocenters. The van der Waals surface area contributed by atoms with E-state index in [-0.39, 0.29) is 0 Å². The molecule has 494 valence electrons. The number of para-hydroxylation sites is 4. The van der Waals surface area contributed by atoms with Crippen molar-refractivity contribution >= 4 is 110 Å². The summed E-state index contributed by atoms with van der Waals surface area (Å²) in [6, 6.07) is 102. The van der Waals surface area contributed by atoms with Gasteiger partial charge in [0.1, 0.15) is 22.3 Å². The van der Waals surface area contributed by atoms with Gasteiger partial charge in [-0.3, -0.25) is 0 Å².